The Kier molecular flexibility index (Phi) is 3.53. The first-order chi connectivity index (χ1) is 7.66. The summed E-state index contributed by atoms with van der Waals surface area (Å²) in [6.45, 7) is 1.69. The van der Waals surface area contributed by atoms with E-state index in [0.717, 1.165) is 13.0 Å². The number of nitrogens with zero attached hydrogens (tertiary/aromatic N) is 1. The summed E-state index contributed by atoms with van der Waals surface area (Å²) in [7, 11) is 0. The zero-order valence-electron chi connectivity index (χ0n) is 9.01. The molecule has 3 nitrogen and oxygen atoms in total. The average Bonchev–Trinajstić information content (AvgIpc) is 2.64. The summed E-state index contributed by atoms with van der Waals surface area (Å²) >= 11 is 0. The van der Waals surface area contributed by atoms with E-state index in [1.807, 2.05) is 4.90 Å². The third-order valence-electron chi connectivity index (χ3n) is 2.94. The zero-order chi connectivity index (χ0) is 11.5. The van der Waals surface area contributed by atoms with Gasteiger partial charge in [0.1, 0.15) is 5.82 Å². The minimum Gasteiger partial charge on any atom is -0.392 e. The van der Waals surface area contributed by atoms with E-state index in [4.69, 9.17) is 0 Å². The van der Waals surface area contributed by atoms with Gasteiger partial charge in [0, 0.05) is 25.2 Å². The lowest BCUT2D eigenvalue weighted by molar-refractivity contribution is 0.110. The molecule has 16 heavy (non-hydrogen) atoms. The minimum atomic E-state index is -0.827. The highest BCUT2D eigenvalue weighted by Crippen LogP contribution is 2.19. The first-order valence-corrected chi connectivity index (χ1v) is 5.49. The molecule has 1 aliphatic heterocycles. The molecule has 1 saturated heterocycles. The molecule has 0 amide bonds. The summed E-state index contributed by atoms with van der Waals surface area (Å²) in [5.41, 5.74) is 0.323. The molecule has 88 valence electrons. The van der Waals surface area contributed by atoms with E-state index in [-0.39, 0.29) is 11.9 Å². The van der Waals surface area contributed by atoms with Gasteiger partial charge in [-0.1, -0.05) is 18.2 Å². The van der Waals surface area contributed by atoms with Crippen molar-refractivity contribution >= 4 is 0 Å². The summed E-state index contributed by atoms with van der Waals surface area (Å²) in [4.78, 5) is 1.95. The number of hydrogen-bond acceptors (Lipinski definition) is 3. The van der Waals surface area contributed by atoms with Gasteiger partial charge in [0.25, 0.3) is 0 Å². The third kappa shape index (κ3) is 2.58. The second-order valence-electron chi connectivity index (χ2n) is 4.24. The fourth-order valence-electron chi connectivity index (χ4n) is 2.07. The van der Waals surface area contributed by atoms with Crippen molar-refractivity contribution in [3.63, 3.8) is 0 Å². The molecule has 1 unspecified atom stereocenters. The van der Waals surface area contributed by atoms with Gasteiger partial charge in [-0.05, 0) is 12.5 Å². The van der Waals surface area contributed by atoms with Crippen LogP contribution in [0.3, 0.4) is 0 Å². The van der Waals surface area contributed by atoms with Crippen molar-refractivity contribution in [3.05, 3.63) is 35.6 Å². The number of likely N-dealkylation sites (tertiary alicyclic amines) is 1. The molecule has 0 saturated carbocycles. The van der Waals surface area contributed by atoms with Gasteiger partial charge < -0.3 is 10.2 Å². The molecule has 0 radical (unpaired) electrons. The number of hydrogen-bond donors (Lipinski definition) is 2. The van der Waals surface area contributed by atoms with E-state index >= 15 is 0 Å². The molecule has 1 heterocycles. The molecule has 0 aliphatic carbocycles. The summed E-state index contributed by atoms with van der Waals surface area (Å²) in [5, 5.41) is 19.2. The fourth-order valence-corrected chi connectivity index (χ4v) is 2.07. The van der Waals surface area contributed by atoms with E-state index < -0.39 is 6.10 Å². The zero-order valence-corrected chi connectivity index (χ0v) is 9.01. The van der Waals surface area contributed by atoms with Gasteiger partial charge in [0.15, 0.2) is 0 Å². The second kappa shape index (κ2) is 4.91. The lowest BCUT2D eigenvalue weighted by atomic mass is 10.1. The number of halogens is 1. The number of benzene rings is 1. The van der Waals surface area contributed by atoms with Crippen molar-refractivity contribution in [2.75, 3.05) is 19.6 Å². The van der Waals surface area contributed by atoms with Crippen LogP contribution in [0.25, 0.3) is 0 Å². The Bertz CT molecular complexity index is 359. The topological polar surface area (TPSA) is 43.7 Å². The Balaban J connectivity index is 1.98. The lowest BCUT2D eigenvalue weighted by Crippen LogP contribution is -2.27. The molecule has 1 aromatic carbocycles. The molecule has 4 heteroatoms. The van der Waals surface area contributed by atoms with Crippen LogP contribution in [0.2, 0.25) is 0 Å². The Morgan fingerprint density at radius 2 is 2.19 bits per heavy atom. The molecule has 2 atom stereocenters. The maximum absolute atomic E-state index is 13.4. The number of rotatable bonds is 3. The molecule has 0 spiro atoms. The molecule has 1 aromatic rings. The second-order valence-corrected chi connectivity index (χ2v) is 4.24. The Morgan fingerprint density at radius 3 is 2.81 bits per heavy atom. The third-order valence-corrected chi connectivity index (χ3v) is 2.94. The Hall–Kier alpha value is -0.970. The van der Waals surface area contributed by atoms with Gasteiger partial charge >= 0.3 is 0 Å². The van der Waals surface area contributed by atoms with Crippen LogP contribution in [0, 0.1) is 5.82 Å². The molecule has 1 aliphatic rings. The van der Waals surface area contributed by atoms with Crippen molar-refractivity contribution < 1.29 is 14.6 Å². The fraction of sp³-hybridized carbons (Fsp3) is 0.500. The maximum Gasteiger partial charge on any atom is 0.129 e. The summed E-state index contributed by atoms with van der Waals surface area (Å²) in [6.07, 6.45) is -0.413. The van der Waals surface area contributed by atoms with Gasteiger partial charge in [-0.15, -0.1) is 0 Å². The average molecular weight is 225 g/mol. The highest BCUT2D eigenvalue weighted by atomic mass is 19.1. The van der Waals surface area contributed by atoms with E-state index in [9.17, 15) is 14.6 Å². The quantitative estimate of drug-likeness (QED) is 0.804. The number of aliphatic hydroxyl groups excluding tert-OH is 2. The monoisotopic (exact) mass is 225 g/mol. The van der Waals surface area contributed by atoms with Crippen molar-refractivity contribution in [1.82, 2.24) is 4.90 Å². The standard InChI is InChI=1S/C12H16FNO2/c13-11-4-2-1-3-10(11)12(16)8-14-6-5-9(15)7-14/h1-4,9,12,15-16H,5-8H2/t9-,12?/m0/s1. The Morgan fingerprint density at radius 1 is 1.44 bits per heavy atom. The van der Waals surface area contributed by atoms with Gasteiger partial charge in [0.2, 0.25) is 0 Å². The molecule has 2 N–H and O–H groups in total. The maximum atomic E-state index is 13.4. The van der Waals surface area contributed by atoms with Crippen molar-refractivity contribution in [2.45, 2.75) is 18.6 Å². The van der Waals surface area contributed by atoms with Crippen LogP contribution >= 0.6 is 0 Å². The van der Waals surface area contributed by atoms with Crippen LogP contribution in [-0.4, -0.2) is 40.9 Å². The largest absolute Gasteiger partial charge is 0.392 e. The highest BCUT2D eigenvalue weighted by molar-refractivity contribution is 5.20. The highest BCUT2D eigenvalue weighted by Gasteiger charge is 2.23. The summed E-state index contributed by atoms with van der Waals surface area (Å²) in [6, 6.07) is 6.25. The summed E-state index contributed by atoms with van der Waals surface area (Å²) < 4.78 is 13.4. The lowest BCUT2D eigenvalue weighted by Gasteiger charge is -2.19. The molecular formula is C12H16FNO2. The first-order valence-electron chi connectivity index (χ1n) is 5.49. The van der Waals surface area contributed by atoms with Gasteiger partial charge in [-0.25, -0.2) is 4.39 Å². The van der Waals surface area contributed by atoms with Crippen molar-refractivity contribution in [1.29, 1.82) is 0 Å². The molecule has 0 bridgehead atoms. The molecular weight excluding hydrogens is 209 g/mol. The summed E-state index contributed by atoms with van der Waals surface area (Å²) in [5.74, 6) is -0.380. The van der Waals surface area contributed by atoms with Crippen LogP contribution in [0.15, 0.2) is 24.3 Å². The van der Waals surface area contributed by atoms with Crippen molar-refractivity contribution in [3.8, 4) is 0 Å². The molecule has 2 rings (SSSR count). The van der Waals surface area contributed by atoms with Crippen LogP contribution in [0.1, 0.15) is 18.1 Å². The minimum absolute atomic E-state index is 0.312. The normalized spacial score (nSPS) is 23.6. The van der Waals surface area contributed by atoms with Crippen molar-refractivity contribution in [2.24, 2.45) is 0 Å². The van der Waals surface area contributed by atoms with E-state index in [0.29, 0.717) is 18.7 Å². The first kappa shape index (κ1) is 11.5. The van der Waals surface area contributed by atoms with Crippen LogP contribution < -0.4 is 0 Å². The SMILES string of the molecule is OC(CN1CC[C@H](O)C1)c1ccccc1F. The van der Waals surface area contributed by atoms with Gasteiger partial charge in [-0.3, -0.25) is 4.90 Å². The number of β-amino-alcohol motifs (C(OH)–C–C–N with tert-alkyl or cyclic N) is 2. The van der Waals surface area contributed by atoms with Crippen LogP contribution in [0.4, 0.5) is 4.39 Å². The van der Waals surface area contributed by atoms with Gasteiger partial charge in [-0.2, -0.15) is 0 Å². The number of aliphatic hydroxyl groups is 2. The van der Waals surface area contributed by atoms with E-state index in [2.05, 4.69) is 0 Å². The van der Waals surface area contributed by atoms with Crippen LogP contribution in [0.5, 0.6) is 0 Å². The van der Waals surface area contributed by atoms with Crippen LogP contribution in [-0.2, 0) is 0 Å². The van der Waals surface area contributed by atoms with E-state index in [1.165, 1.54) is 6.07 Å². The molecule has 0 aromatic heterocycles. The molecule has 1 fully saturated rings. The predicted octanol–water partition coefficient (Wildman–Crippen LogP) is 0.926. The van der Waals surface area contributed by atoms with Gasteiger partial charge in [0.05, 0.1) is 12.2 Å². The predicted molar refractivity (Wildman–Crippen MR) is 58.4 cm³/mol. The smallest absolute Gasteiger partial charge is 0.129 e. The van der Waals surface area contributed by atoms with E-state index in [1.54, 1.807) is 18.2 Å². The Labute approximate surface area is 94.1 Å².